The summed E-state index contributed by atoms with van der Waals surface area (Å²) in [6.45, 7) is 8.37. The van der Waals surface area contributed by atoms with Crippen molar-refractivity contribution in [3.63, 3.8) is 0 Å². The number of rotatable bonds is 4. The Kier molecular flexibility index (Phi) is 3.45. The predicted octanol–water partition coefficient (Wildman–Crippen LogP) is 1.86. The summed E-state index contributed by atoms with van der Waals surface area (Å²) >= 11 is 0. The minimum atomic E-state index is 0.756. The Bertz CT molecular complexity index is 181. The van der Waals surface area contributed by atoms with Crippen LogP contribution in [0.2, 0.25) is 0 Å². The van der Waals surface area contributed by atoms with E-state index in [1.807, 2.05) is 0 Å². The molecule has 1 saturated carbocycles. The van der Waals surface area contributed by atoms with E-state index in [2.05, 4.69) is 24.1 Å². The van der Waals surface area contributed by atoms with Crippen LogP contribution in [0.25, 0.3) is 0 Å². The highest BCUT2D eigenvalue weighted by atomic mass is 15.2. The Morgan fingerprint density at radius 1 is 1.36 bits per heavy atom. The Balaban J connectivity index is 1.76. The molecule has 2 nitrogen and oxygen atoms in total. The first-order valence-corrected chi connectivity index (χ1v) is 6.32. The lowest BCUT2D eigenvalue weighted by Gasteiger charge is -2.33. The molecule has 0 aromatic carbocycles. The van der Waals surface area contributed by atoms with Crippen molar-refractivity contribution in [1.82, 2.24) is 10.2 Å². The molecule has 0 amide bonds. The van der Waals surface area contributed by atoms with E-state index >= 15 is 0 Å². The van der Waals surface area contributed by atoms with Crippen LogP contribution in [-0.2, 0) is 0 Å². The van der Waals surface area contributed by atoms with E-state index in [0.717, 1.165) is 18.0 Å². The van der Waals surface area contributed by atoms with Crippen LogP contribution in [0.5, 0.6) is 0 Å². The zero-order valence-electron chi connectivity index (χ0n) is 9.63. The summed E-state index contributed by atoms with van der Waals surface area (Å²) in [4.78, 5) is 2.73. The van der Waals surface area contributed by atoms with Gasteiger partial charge >= 0.3 is 0 Å². The van der Waals surface area contributed by atoms with Crippen molar-refractivity contribution in [2.45, 2.75) is 51.6 Å². The maximum atomic E-state index is 3.59. The Morgan fingerprint density at radius 3 is 2.93 bits per heavy atom. The van der Waals surface area contributed by atoms with Crippen LogP contribution in [0.4, 0.5) is 0 Å². The number of hydrogen-bond donors (Lipinski definition) is 1. The maximum absolute atomic E-state index is 3.59. The smallest absolute Gasteiger partial charge is 0.0193 e. The highest BCUT2D eigenvalue weighted by molar-refractivity contribution is 4.97. The van der Waals surface area contributed by atoms with Gasteiger partial charge in [-0.05, 0) is 25.2 Å². The molecule has 3 unspecified atom stereocenters. The second-order valence-electron chi connectivity index (χ2n) is 4.91. The van der Waals surface area contributed by atoms with E-state index in [1.165, 1.54) is 45.3 Å². The number of hydrogen-bond acceptors (Lipinski definition) is 2. The first-order chi connectivity index (χ1) is 6.85. The molecule has 0 radical (unpaired) electrons. The molecule has 0 aromatic heterocycles. The van der Waals surface area contributed by atoms with Crippen LogP contribution < -0.4 is 5.32 Å². The fourth-order valence-electron chi connectivity index (χ4n) is 2.79. The van der Waals surface area contributed by atoms with Crippen molar-refractivity contribution in [3.8, 4) is 0 Å². The van der Waals surface area contributed by atoms with Crippen molar-refractivity contribution in [2.75, 3.05) is 19.6 Å². The minimum absolute atomic E-state index is 0.756. The molecule has 1 aliphatic heterocycles. The summed E-state index contributed by atoms with van der Waals surface area (Å²) in [6, 6.07) is 1.71. The van der Waals surface area contributed by atoms with Gasteiger partial charge in [0, 0.05) is 31.7 Å². The summed E-state index contributed by atoms with van der Waals surface area (Å²) in [5, 5.41) is 3.59. The zero-order valence-corrected chi connectivity index (χ0v) is 9.63. The largest absolute Gasteiger partial charge is 0.311 e. The standard InChI is InChI=1S/C12H24N2/c1-3-5-10-8-12(10)14-7-6-13-11(4-2)9-14/h10-13H,3-9H2,1-2H3. The van der Waals surface area contributed by atoms with E-state index in [0.29, 0.717) is 0 Å². The highest BCUT2D eigenvalue weighted by Crippen LogP contribution is 2.39. The predicted molar refractivity (Wildman–Crippen MR) is 60.5 cm³/mol. The zero-order chi connectivity index (χ0) is 9.97. The summed E-state index contributed by atoms with van der Waals surface area (Å²) < 4.78 is 0. The molecule has 2 aliphatic rings. The summed E-state index contributed by atoms with van der Waals surface area (Å²) in [5.74, 6) is 1.04. The first-order valence-electron chi connectivity index (χ1n) is 6.32. The Morgan fingerprint density at radius 2 is 2.21 bits per heavy atom. The SMILES string of the molecule is CCCC1CC1N1CCNC(CC)C1. The molecule has 0 aromatic rings. The molecule has 2 rings (SSSR count). The third kappa shape index (κ3) is 2.29. The van der Waals surface area contributed by atoms with E-state index in [9.17, 15) is 0 Å². The van der Waals surface area contributed by atoms with Gasteiger partial charge in [-0.3, -0.25) is 4.90 Å². The molecule has 2 fully saturated rings. The molecular formula is C12H24N2. The van der Waals surface area contributed by atoms with Crippen LogP contribution in [0, 0.1) is 5.92 Å². The second-order valence-corrected chi connectivity index (χ2v) is 4.91. The van der Waals surface area contributed by atoms with Crippen molar-refractivity contribution < 1.29 is 0 Å². The van der Waals surface area contributed by atoms with E-state index in [-0.39, 0.29) is 0 Å². The molecule has 1 saturated heterocycles. The van der Waals surface area contributed by atoms with Crippen LogP contribution >= 0.6 is 0 Å². The normalized spacial score (nSPS) is 38.6. The number of nitrogens with zero attached hydrogens (tertiary/aromatic N) is 1. The Labute approximate surface area is 88.1 Å². The first kappa shape index (κ1) is 10.4. The lowest BCUT2D eigenvalue weighted by molar-refractivity contribution is 0.180. The fourth-order valence-corrected chi connectivity index (χ4v) is 2.79. The number of piperazine rings is 1. The van der Waals surface area contributed by atoms with Crippen LogP contribution in [0.3, 0.4) is 0 Å². The molecule has 0 bridgehead atoms. The number of nitrogens with one attached hydrogen (secondary N) is 1. The molecule has 2 heteroatoms. The molecule has 1 N–H and O–H groups in total. The van der Waals surface area contributed by atoms with E-state index in [4.69, 9.17) is 0 Å². The van der Waals surface area contributed by atoms with Crippen LogP contribution in [-0.4, -0.2) is 36.6 Å². The third-order valence-corrected chi connectivity index (χ3v) is 3.79. The molecule has 1 heterocycles. The topological polar surface area (TPSA) is 15.3 Å². The van der Waals surface area contributed by atoms with Crippen molar-refractivity contribution in [3.05, 3.63) is 0 Å². The van der Waals surface area contributed by atoms with Gasteiger partial charge in [-0.2, -0.15) is 0 Å². The molecular weight excluding hydrogens is 172 g/mol. The van der Waals surface area contributed by atoms with Gasteiger partial charge in [0.2, 0.25) is 0 Å². The van der Waals surface area contributed by atoms with E-state index < -0.39 is 0 Å². The minimum Gasteiger partial charge on any atom is -0.311 e. The molecule has 1 aliphatic carbocycles. The molecule has 82 valence electrons. The lowest BCUT2D eigenvalue weighted by atomic mass is 10.1. The molecule has 0 spiro atoms. The average molecular weight is 196 g/mol. The average Bonchev–Trinajstić information content (AvgIpc) is 2.98. The monoisotopic (exact) mass is 196 g/mol. The molecule has 14 heavy (non-hydrogen) atoms. The van der Waals surface area contributed by atoms with Gasteiger partial charge < -0.3 is 5.32 Å². The van der Waals surface area contributed by atoms with Crippen molar-refractivity contribution in [1.29, 1.82) is 0 Å². The second kappa shape index (κ2) is 4.63. The fraction of sp³-hybridized carbons (Fsp3) is 1.00. The Hall–Kier alpha value is -0.0800. The van der Waals surface area contributed by atoms with Gasteiger partial charge in [-0.15, -0.1) is 0 Å². The van der Waals surface area contributed by atoms with Gasteiger partial charge in [-0.1, -0.05) is 20.3 Å². The van der Waals surface area contributed by atoms with Crippen LogP contribution in [0.15, 0.2) is 0 Å². The maximum Gasteiger partial charge on any atom is 0.0193 e. The summed E-state index contributed by atoms with van der Waals surface area (Å²) in [6.07, 6.45) is 5.57. The summed E-state index contributed by atoms with van der Waals surface area (Å²) in [5.41, 5.74) is 0. The summed E-state index contributed by atoms with van der Waals surface area (Å²) in [7, 11) is 0. The van der Waals surface area contributed by atoms with Crippen molar-refractivity contribution >= 4 is 0 Å². The van der Waals surface area contributed by atoms with Gasteiger partial charge in [-0.25, -0.2) is 0 Å². The van der Waals surface area contributed by atoms with Gasteiger partial charge in [0.15, 0.2) is 0 Å². The van der Waals surface area contributed by atoms with Gasteiger partial charge in [0.05, 0.1) is 0 Å². The highest BCUT2D eigenvalue weighted by Gasteiger charge is 2.41. The van der Waals surface area contributed by atoms with E-state index in [1.54, 1.807) is 0 Å². The van der Waals surface area contributed by atoms with Crippen LogP contribution in [0.1, 0.15) is 39.5 Å². The van der Waals surface area contributed by atoms with Gasteiger partial charge in [0.25, 0.3) is 0 Å². The van der Waals surface area contributed by atoms with Crippen molar-refractivity contribution in [2.24, 2.45) is 5.92 Å². The third-order valence-electron chi connectivity index (χ3n) is 3.79. The molecule has 3 atom stereocenters. The van der Waals surface area contributed by atoms with Gasteiger partial charge in [0.1, 0.15) is 0 Å². The quantitative estimate of drug-likeness (QED) is 0.738. The lowest BCUT2D eigenvalue weighted by Crippen LogP contribution is -2.51.